The molecule has 0 heterocycles. The molecule has 3 nitrogen and oxygen atoms in total. The predicted molar refractivity (Wildman–Crippen MR) is 163 cm³/mol. The second-order valence-corrected chi connectivity index (χ2v) is 14.5. The summed E-state index contributed by atoms with van der Waals surface area (Å²) in [5, 5.41) is 2.91. The first-order valence-corrected chi connectivity index (χ1v) is 16.0. The van der Waals surface area contributed by atoms with Crippen molar-refractivity contribution >= 4 is 17.9 Å². The van der Waals surface area contributed by atoms with Gasteiger partial charge in [0.1, 0.15) is 6.10 Å². The average molecular weight is 532 g/mol. The number of allylic oxidation sites excluding steroid dienone is 1. The Morgan fingerprint density at radius 1 is 1.05 bits per heavy atom. The van der Waals surface area contributed by atoms with Crippen LogP contribution in [-0.2, 0) is 4.74 Å². The molecular formula is C36H53NO2. The minimum absolute atomic E-state index is 0.0234. The largest absolute Gasteiger partial charge is 0.446 e. The van der Waals surface area contributed by atoms with Gasteiger partial charge in [-0.1, -0.05) is 90.3 Å². The molecule has 4 aliphatic rings. The molecule has 5 rings (SSSR count). The molecule has 8 atom stereocenters. The Bertz CT molecular complexity index is 1060. The van der Waals surface area contributed by atoms with E-state index in [-0.39, 0.29) is 17.6 Å². The molecule has 3 fully saturated rings. The van der Waals surface area contributed by atoms with Gasteiger partial charge in [-0.3, -0.25) is 5.32 Å². The van der Waals surface area contributed by atoms with Gasteiger partial charge in [-0.2, -0.15) is 0 Å². The number of fused-ring (bicyclic) bond motifs is 5. The van der Waals surface area contributed by atoms with Gasteiger partial charge in [0, 0.05) is 12.1 Å². The van der Waals surface area contributed by atoms with Crippen LogP contribution < -0.4 is 5.32 Å². The third-order valence-electron chi connectivity index (χ3n) is 11.9. The van der Waals surface area contributed by atoms with Gasteiger partial charge < -0.3 is 4.74 Å². The lowest BCUT2D eigenvalue weighted by Gasteiger charge is -2.58. The summed E-state index contributed by atoms with van der Waals surface area (Å²) in [5.41, 5.74) is 4.18. The van der Waals surface area contributed by atoms with E-state index >= 15 is 0 Å². The highest BCUT2D eigenvalue weighted by atomic mass is 16.6. The molecule has 0 radical (unpaired) electrons. The minimum atomic E-state index is -0.336. The first-order valence-electron chi connectivity index (χ1n) is 16.0. The molecule has 1 aromatic rings. The Labute approximate surface area is 238 Å². The van der Waals surface area contributed by atoms with Gasteiger partial charge in [-0.25, -0.2) is 4.79 Å². The Kier molecular flexibility index (Phi) is 8.37. The van der Waals surface area contributed by atoms with Crippen LogP contribution in [0.15, 0.2) is 42.5 Å². The van der Waals surface area contributed by atoms with Crippen molar-refractivity contribution < 1.29 is 9.53 Å². The van der Waals surface area contributed by atoms with Crippen molar-refractivity contribution in [2.45, 2.75) is 111 Å². The topological polar surface area (TPSA) is 38.3 Å². The molecule has 0 aliphatic heterocycles. The monoisotopic (exact) mass is 531 g/mol. The molecule has 0 bridgehead atoms. The van der Waals surface area contributed by atoms with Gasteiger partial charge in [0.25, 0.3) is 0 Å². The standard InChI is InChI=1S/C36H53NO2/c1-7-26-11-14-28(15-12-26)37-34(38)39-29-19-21-35(5)27(23-29)13-16-30-32-18-17-31(25(4)10-8-9-24(2)3)36(32,6)22-20-33(30)35/h7,11-15,24-25,29-33H,1,8-10,16-23H2,2-6H3,(H,37,38). The van der Waals surface area contributed by atoms with Crippen molar-refractivity contribution in [2.24, 2.45) is 46.3 Å². The highest BCUT2D eigenvalue weighted by molar-refractivity contribution is 5.84. The van der Waals surface area contributed by atoms with Crippen molar-refractivity contribution in [1.82, 2.24) is 0 Å². The molecule has 0 saturated heterocycles. The van der Waals surface area contributed by atoms with E-state index in [0.717, 1.165) is 66.0 Å². The van der Waals surface area contributed by atoms with E-state index in [0.29, 0.717) is 5.41 Å². The third kappa shape index (κ3) is 5.62. The quantitative estimate of drug-likeness (QED) is 0.339. The number of hydrogen-bond acceptors (Lipinski definition) is 2. The van der Waals surface area contributed by atoms with Crippen LogP contribution in [-0.4, -0.2) is 12.2 Å². The first-order chi connectivity index (χ1) is 18.6. The van der Waals surface area contributed by atoms with E-state index < -0.39 is 0 Å². The number of carbonyl (C=O) groups is 1. The fourth-order valence-electron chi connectivity index (χ4n) is 9.75. The molecule has 39 heavy (non-hydrogen) atoms. The number of benzene rings is 1. The molecular weight excluding hydrogens is 478 g/mol. The van der Waals surface area contributed by atoms with Crippen LogP contribution in [0, 0.1) is 46.3 Å². The maximum atomic E-state index is 12.7. The van der Waals surface area contributed by atoms with Gasteiger partial charge in [0.05, 0.1) is 0 Å². The molecule has 0 aromatic heterocycles. The second-order valence-electron chi connectivity index (χ2n) is 14.5. The van der Waals surface area contributed by atoms with Gasteiger partial charge in [0.15, 0.2) is 0 Å². The Hall–Kier alpha value is -2.03. The van der Waals surface area contributed by atoms with Crippen LogP contribution in [0.4, 0.5) is 10.5 Å². The van der Waals surface area contributed by atoms with Gasteiger partial charge >= 0.3 is 6.09 Å². The van der Waals surface area contributed by atoms with E-state index in [1.54, 1.807) is 11.6 Å². The number of ether oxygens (including phenoxy) is 1. The normalized spacial score (nSPS) is 36.3. The van der Waals surface area contributed by atoms with Crippen LogP contribution in [0.3, 0.4) is 0 Å². The Balaban J connectivity index is 1.21. The van der Waals surface area contributed by atoms with Crippen LogP contribution in [0.25, 0.3) is 6.08 Å². The molecule has 214 valence electrons. The number of amides is 1. The highest BCUT2D eigenvalue weighted by Crippen LogP contribution is 2.67. The Morgan fingerprint density at radius 2 is 1.82 bits per heavy atom. The maximum absolute atomic E-state index is 12.7. The van der Waals surface area contributed by atoms with Gasteiger partial charge in [-0.15, -0.1) is 0 Å². The first kappa shape index (κ1) is 28.5. The lowest BCUT2D eigenvalue weighted by atomic mass is 9.47. The summed E-state index contributed by atoms with van der Waals surface area (Å²) in [6, 6.07) is 7.70. The van der Waals surface area contributed by atoms with Crippen molar-refractivity contribution in [1.29, 1.82) is 0 Å². The summed E-state index contributed by atoms with van der Waals surface area (Å²) in [6.07, 6.45) is 18.2. The third-order valence-corrected chi connectivity index (χ3v) is 11.9. The highest BCUT2D eigenvalue weighted by Gasteiger charge is 2.59. The molecule has 8 unspecified atom stereocenters. The fraction of sp³-hybridized carbons (Fsp3) is 0.694. The zero-order valence-electron chi connectivity index (χ0n) is 25.3. The molecule has 3 saturated carbocycles. The van der Waals surface area contributed by atoms with E-state index in [1.807, 2.05) is 24.3 Å². The van der Waals surface area contributed by atoms with Crippen molar-refractivity contribution in [3.8, 4) is 0 Å². The minimum Gasteiger partial charge on any atom is -0.446 e. The van der Waals surface area contributed by atoms with Gasteiger partial charge in [-0.05, 0) is 109 Å². The van der Waals surface area contributed by atoms with Crippen LogP contribution in [0.5, 0.6) is 0 Å². The second kappa shape index (κ2) is 11.5. The SMILES string of the molecule is C=Cc1ccc(NC(=O)OC2CCC3(C)C(=CCC4C3CCC3(C)C(C(C)CCCC(C)C)CCC43)C2)cc1. The van der Waals surface area contributed by atoms with Gasteiger partial charge in [0.2, 0.25) is 0 Å². The smallest absolute Gasteiger partial charge is 0.411 e. The van der Waals surface area contributed by atoms with Crippen molar-refractivity contribution in [3.63, 3.8) is 0 Å². The fourth-order valence-corrected chi connectivity index (χ4v) is 9.75. The Morgan fingerprint density at radius 3 is 2.54 bits per heavy atom. The number of nitrogens with one attached hydrogen (secondary N) is 1. The number of anilines is 1. The molecule has 4 aliphatic carbocycles. The summed E-state index contributed by atoms with van der Waals surface area (Å²) in [4.78, 5) is 12.7. The molecule has 1 N–H and O–H groups in total. The lowest BCUT2D eigenvalue weighted by molar-refractivity contribution is -0.0577. The van der Waals surface area contributed by atoms with Crippen LogP contribution >= 0.6 is 0 Å². The molecule has 3 heteroatoms. The summed E-state index contributed by atoms with van der Waals surface area (Å²) in [6.45, 7) is 16.3. The van der Waals surface area contributed by atoms with Crippen molar-refractivity contribution in [2.75, 3.05) is 5.32 Å². The number of rotatable bonds is 8. The molecule has 0 spiro atoms. The van der Waals surface area contributed by atoms with Crippen molar-refractivity contribution in [3.05, 3.63) is 48.1 Å². The zero-order valence-corrected chi connectivity index (χ0v) is 25.3. The lowest BCUT2D eigenvalue weighted by Crippen LogP contribution is -2.51. The summed E-state index contributed by atoms with van der Waals surface area (Å²) in [5.74, 6) is 5.11. The van der Waals surface area contributed by atoms with Crippen LogP contribution in [0.2, 0.25) is 0 Å². The van der Waals surface area contributed by atoms with E-state index in [2.05, 4.69) is 52.6 Å². The molecule has 1 amide bonds. The summed E-state index contributed by atoms with van der Waals surface area (Å²) in [7, 11) is 0. The summed E-state index contributed by atoms with van der Waals surface area (Å²) >= 11 is 0. The number of carbonyl (C=O) groups excluding carboxylic acids is 1. The zero-order chi connectivity index (χ0) is 27.8. The average Bonchev–Trinajstić information content (AvgIpc) is 3.26. The predicted octanol–water partition coefficient (Wildman–Crippen LogP) is 10.3. The van der Waals surface area contributed by atoms with Crippen LogP contribution in [0.1, 0.15) is 111 Å². The number of hydrogen-bond donors (Lipinski definition) is 1. The van der Waals surface area contributed by atoms with E-state index in [4.69, 9.17) is 4.74 Å². The molecule has 1 aromatic carbocycles. The maximum Gasteiger partial charge on any atom is 0.411 e. The summed E-state index contributed by atoms with van der Waals surface area (Å²) < 4.78 is 5.94. The van der Waals surface area contributed by atoms with E-state index in [9.17, 15) is 4.79 Å². The van der Waals surface area contributed by atoms with E-state index in [1.165, 1.54) is 51.4 Å².